The molecule has 0 bridgehead atoms. The van der Waals surface area contributed by atoms with Crippen LogP contribution in [0, 0.1) is 0 Å². The molecule has 0 saturated carbocycles. The van der Waals surface area contributed by atoms with E-state index in [2.05, 4.69) is 15.5 Å². The number of nitrogens with one attached hydrogen (secondary N) is 1. The van der Waals surface area contributed by atoms with E-state index in [4.69, 9.17) is 5.14 Å². The minimum absolute atomic E-state index is 0.0635. The summed E-state index contributed by atoms with van der Waals surface area (Å²) >= 11 is 1.26. The van der Waals surface area contributed by atoms with E-state index in [0.717, 1.165) is 5.56 Å². The molecular weight excluding hydrogens is 398 g/mol. The number of hydrogen-bond donors (Lipinski definition) is 2. The molecule has 0 aliphatic heterocycles. The third kappa shape index (κ3) is 4.58. The van der Waals surface area contributed by atoms with Crippen molar-refractivity contribution >= 4 is 33.4 Å². The first kappa shape index (κ1) is 20.1. The summed E-state index contributed by atoms with van der Waals surface area (Å²) < 4.78 is 24.7. The number of hydrogen-bond acceptors (Lipinski definition) is 6. The summed E-state index contributed by atoms with van der Waals surface area (Å²) in [5.74, 6) is 0.414. The highest BCUT2D eigenvalue weighted by Crippen LogP contribution is 2.26. The molecule has 3 aromatic rings. The summed E-state index contributed by atoms with van der Waals surface area (Å²) in [6.07, 6.45) is 0. The number of sulfonamides is 1. The van der Waals surface area contributed by atoms with Crippen LogP contribution in [0.4, 0.5) is 5.69 Å². The van der Waals surface area contributed by atoms with Gasteiger partial charge in [-0.3, -0.25) is 4.79 Å². The Morgan fingerprint density at radius 2 is 1.86 bits per heavy atom. The predicted molar refractivity (Wildman–Crippen MR) is 108 cm³/mol. The van der Waals surface area contributed by atoms with Gasteiger partial charge in [0, 0.05) is 18.3 Å². The van der Waals surface area contributed by atoms with Gasteiger partial charge in [-0.05, 0) is 25.1 Å². The second-order valence-corrected chi connectivity index (χ2v) is 8.92. The molecule has 1 heterocycles. The molecule has 0 unspecified atom stereocenters. The highest BCUT2D eigenvalue weighted by atomic mass is 32.2. The fraction of sp³-hybridized carbons (Fsp3) is 0.167. The number of carbonyl (C=O) groups is 1. The lowest BCUT2D eigenvalue weighted by Gasteiger charge is -2.12. The van der Waals surface area contributed by atoms with Crippen LogP contribution in [0.1, 0.15) is 6.92 Å². The zero-order valence-electron chi connectivity index (χ0n) is 15.2. The van der Waals surface area contributed by atoms with Gasteiger partial charge in [0.2, 0.25) is 15.9 Å². The van der Waals surface area contributed by atoms with Crippen molar-refractivity contribution in [2.45, 2.75) is 22.2 Å². The lowest BCUT2D eigenvalue weighted by Crippen LogP contribution is -2.23. The number of aromatic nitrogens is 3. The number of nitrogens with zero attached hydrogens (tertiary/aromatic N) is 3. The lowest BCUT2D eigenvalue weighted by atomic mass is 10.2. The average molecular weight is 418 g/mol. The van der Waals surface area contributed by atoms with E-state index in [1.165, 1.54) is 30.0 Å². The first-order chi connectivity index (χ1) is 13.3. The number of carbonyl (C=O) groups excluding carboxylic acids is 1. The Balaban J connectivity index is 1.71. The van der Waals surface area contributed by atoms with Gasteiger partial charge in [0.25, 0.3) is 0 Å². The first-order valence-electron chi connectivity index (χ1n) is 8.31. The van der Waals surface area contributed by atoms with Crippen LogP contribution in [0.25, 0.3) is 11.4 Å². The molecule has 0 fully saturated rings. The fourth-order valence-electron chi connectivity index (χ4n) is 2.46. The highest BCUT2D eigenvalue weighted by Gasteiger charge is 2.20. The van der Waals surface area contributed by atoms with Gasteiger partial charge < -0.3 is 9.88 Å². The van der Waals surface area contributed by atoms with Gasteiger partial charge in [0.1, 0.15) is 0 Å². The Morgan fingerprint density at radius 1 is 1.14 bits per heavy atom. The van der Waals surface area contributed by atoms with Crippen LogP contribution in [-0.2, 0) is 21.9 Å². The Bertz CT molecular complexity index is 1100. The highest BCUT2D eigenvalue weighted by molar-refractivity contribution is 8.00. The molecule has 0 radical (unpaired) electrons. The van der Waals surface area contributed by atoms with E-state index >= 15 is 0 Å². The average Bonchev–Trinajstić information content (AvgIpc) is 3.02. The topological polar surface area (TPSA) is 120 Å². The smallest absolute Gasteiger partial charge is 0.238 e. The van der Waals surface area contributed by atoms with Crippen molar-refractivity contribution < 1.29 is 13.2 Å². The van der Waals surface area contributed by atoms with Gasteiger partial charge >= 0.3 is 0 Å². The zero-order valence-corrected chi connectivity index (χ0v) is 16.9. The van der Waals surface area contributed by atoms with Crippen LogP contribution in [0.5, 0.6) is 0 Å². The second kappa shape index (κ2) is 8.13. The molecule has 0 saturated heterocycles. The van der Waals surface area contributed by atoms with Crippen LogP contribution in [0.15, 0.2) is 64.6 Å². The fourth-order valence-corrected chi connectivity index (χ4v) is 3.84. The number of nitrogens with two attached hydrogens (primary N) is 1. The maximum absolute atomic E-state index is 12.5. The van der Waals surface area contributed by atoms with Gasteiger partial charge in [-0.2, -0.15) is 0 Å². The molecular formula is C18H19N5O3S2. The van der Waals surface area contributed by atoms with Crippen LogP contribution in [-0.4, -0.2) is 34.3 Å². The quantitative estimate of drug-likeness (QED) is 0.594. The molecule has 3 rings (SSSR count). The number of thioether (sulfide) groups is 1. The zero-order chi connectivity index (χ0) is 20.3. The Morgan fingerprint density at radius 3 is 2.54 bits per heavy atom. The number of anilines is 1. The van der Waals surface area contributed by atoms with Crippen molar-refractivity contribution in [2.24, 2.45) is 12.2 Å². The Hall–Kier alpha value is -2.69. The predicted octanol–water partition coefficient (Wildman–Crippen LogP) is 2.25. The molecule has 28 heavy (non-hydrogen) atoms. The molecule has 1 amide bonds. The Kier molecular flexibility index (Phi) is 5.82. The SMILES string of the molecule is C[C@H](Sc1nnc(-c2ccccc2)n1C)C(=O)Nc1cccc(S(N)(=O)=O)c1. The van der Waals surface area contributed by atoms with Gasteiger partial charge in [0.15, 0.2) is 11.0 Å². The van der Waals surface area contributed by atoms with Gasteiger partial charge in [-0.1, -0.05) is 48.2 Å². The number of amides is 1. The van der Waals surface area contributed by atoms with Gasteiger partial charge in [-0.15, -0.1) is 10.2 Å². The number of rotatable bonds is 6. The van der Waals surface area contributed by atoms with Crippen LogP contribution in [0.2, 0.25) is 0 Å². The molecule has 0 aliphatic rings. The van der Waals surface area contributed by atoms with Crippen molar-refractivity contribution in [3.05, 3.63) is 54.6 Å². The number of primary sulfonamides is 1. The van der Waals surface area contributed by atoms with Crippen molar-refractivity contribution in [1.29, 1.82) is 0 Å². The molecule has 1 aromatic heterocycles. The third-order valence-electron chi connectivity index (χ3n) is 3.95. The lowest BCUT2D eigenvalue weighted by molar-refractivity contribution is -0.115. The van der Waals surface area contributed by atoms with Crippen molar-refractivity contribution in [2.75, 3.05) is 5.32 Å². The van der Waals surface area contributed by atoms with E-state index in [1.807, 2.05) is 41.9 Å². The monoisotopic (exact) mass is 417 g/mol. The largest absolute Gasteiger partial charge is 0.325 e. The minimum Gasteiger partial charge on any atom is -0.325 e. The standard InChI is InChI=1S/C18H19N5O3S2/c1-12(17(24)20-14-9-6-10-15(11-14)28(19,25)26)27-18-22-21-16(23(18)2)13-7-4-3-5-8-13/h3-12H,1-2H3,(H,20,24)(H2,19,25,26)/t12-/m0/s1. The van der Waals surface area contributed by atoms with Crippen LogP contribution in [0.3, 0.4) is 0 Å². The van der Waals surface area contributed by atoms with Crippen LogP contribution < -0.4 is 10.5 Å². The first-order valence-corrected chi connectivity index (χ1v) is 10.7. The molecule has 0 aliphatic carbocycles. The summed E-state index contributed by atoms with van der Waals surface area (Å²) in [4.78, 5) is 12.4. The molecule has 3 N–H and O–H groups in total. The van der Waals surface area contributed by atoms with E-state index in [9.17, 15) is 13.2 Å². The summed E-state index contributed by atoms with van der Waals surface area (Å²) in [5.41, 5.74) is 1.29. The van der Waals surface area contributed by atoms with Crippen LogP contribution >= 0.6 is 11.8 Å². The maximum Gasteiger partial charge on any atom is 0.238 e. The van der Waals surface area contributed by atoms with E-state index in [0.29, 0.717) is 16.7 Å². The third-order valence-corrected chi connectivity index (χ3v) is 5.99. The van der Waals surface area contributed by atoms with Crippen molar-refractivity contribution in [3.63, 3.8) is 0 Å². The normalized spacial score (nSPS) is 12.5. The molecule has 1 atom stereocenters. The van der Waals surface area contributed by atoms with E-state index < -0.39 is 15.3 Å². The summed E-state index contributed by atoms with van der Waals surface area (Å²) in [6, 6.07) is 15.4. The minimum atomic E-state index is -3.84. The Labute approximate surface area is 167 Å². The van der Waals surface area contributed by atoms with E-state index in [-0.39, 0.29) is 10.8 Å². The summed E-state index contributed by atoms with van der Waals surface area (Å²) in [5, 5.41) is 16.3. The summed E-state index contributed by atoms with van der Waals surface area (Å²) in [6.45, 7) is 1.74. The van der Waals surface area contributed by atoms with E-state index in [1.54, 1.807) is 13.0 Å². The van der Waals surface area contributed by atoms with Crippen molar-refractivity contribution in [3.8, 4) is 11.4 Å². The van der Waals surface area contributed by atoms with Gasteiger partial charge in [-0.25, -0.2) is 13.6 Å². The maximum atomic E-state index is 12.5. The number of benzene rings is 2. The molecule has 2 aromatic carbocycles. The molecule has 146 valence electrons. The molecule has 10 heteroatoms. The van der Waals surface area contributed by atoms with Gasteiger partial charge in [0.05, 0.1) is 10.1 Å². The summed E-state index contributed by atoms with van der Waals surface area (Å²) in [7, 11) is -2.00. The second-order valence-electron chi connectivity index (χ2n) is 6.05. The van der Waals surface area contributed by atoms with Crippen molar-refractivity contribution in [1.82, 2.24) is 14.8 Å². The molecule has 0 spiro atoms. The molecule has 8 nitrogen and oxygen atoms in total.